The number of amides is 1. The predicted molar refractivity (Wildman–Crippen MR) is 106 cm³/mol. The first-order valence-electron chi connectivity index (χ1n) is 8.93. The summed E-state index contributed by atoms with van der Waals surface area (Å²) in [5.74, 6) is -1.51. The van der Waals surface area contributed by atoms with E-state index in [4.69, 9.17) is 4.74 Å². The molecule has 0 saturated carbocycles. The van der Waals surface area contributed by atoms with E-state index in [9.17, 15) is 19.5 Å². The number of rotatable bonds is 6. The molecular weight excluding hydrogens is 426 g/mol. The number of ketones is 1. The van der Waals surface area contributed by atoms with Crippen LogP contribution in [0.5, 0.6) is 0 Å². The summed E-state index contributed by atoms with van der Waals surface area (Å²) < 4.78 is 6.15. The molecule has 1 aliphatic heterocycles. The molecule has 28 heavy (non-hydrogen) atoms. The summed E-state index contributed by atoms with van der Waals surface area (Å²) in [7, 11) is 0. The maximum absolute atomic E-state index is 12.7. The van der Waals surface area contributed by atoms with Crippen molar-refractivity contribution in [1.82, 2.24) is 4.90 Å². The summed E-state index contributed by atoms with van der Waals surface area (Å²) in [4.78, 5) is 38.6. The number of carboxylic acid groups (broad SMARTS) is 1. The minimum absolute atomic E-state index is 0.0481. The van der Waals surface area contributed by atoms with E-state index in [0.29, 0.717) is 12.0 Å². The van der Waals surface area contributed by atoms with Crippen LogP contribution < -0.4 is 0 Å². The Hall–Kier alpha value is -2.67. The van der Waals surface area contributed by atoms with Gasteiger partial charge in [-0.15, -0.1) is 0 Å². The van der Waals surface area contributed by atoms with Crippen LogP contribution >= 0.6 is 15.9 Å². The smallest absolute Gasteiger partial charge is 0.411 e. The van der Waals surface area contributed by atoms with E-state index in [-0.39, 0.29) is 31.8 Å². The molecule has 146 valence electrons. The second-order valence-electron chi connectivity index (χ2n) is 6.74. The number of carboxylic acids is 1. The van der Waals surface area contributed by atoms with Gasteiger partial charge in [0.05, 0.1) is 0 Å². The number of nitrogens with zero attached hydrogens (tertiary/aromatic N) is 1. The van der Waals surface area contributed by atoms with Crippen LogP contribution in [0.2, 0.25) is 0 Å². The van der Waals surface area contributed by atoms with E-state index in [1.165, 1.54) is 4.90 Å². The van der Waals surface area contributed by atoms with Crippen LogP contribution in [0.4, 0.5) is 4.79 Å². The highest BCUT2D eigenvalue weighted by molar-refractivity contribution is 9.10. The molecule has 0 aromatic heterocycles. The number of carbonyl (C=O) groups is 3. The van der Waals surface area contributed by atoms with Crippen molar-refractivity contribution in [3.05, 3.63) is 70.2 Å². The number of benzene rings is 2. The van der Waals surface area contributed by atoms with Gasteiger partial charge < -0.3 is 9.84 Å². The van der Waals surface area contributed by atoms with Gasteiger partial charge in [-0.25, -0.2) is 9.59 Å². The van der Waals surface area contributed by atoms with Crippen LogP contribution in [0.1, 0.15) is 35.2 Å². The Kier molecular flexibility index (Phi) is 6.14. The molecule has 1 saturated heterocycles. The summed E-state index contributed by atoms with van der Waals surface area (Å²) >= 11 is 3.31. The van der Waals surface area contributed by atoms with Gasteiger partial charge in [-0.2, -0.15) is 0 Å². The highest BCUT2D eigenvalue weighted by Gasteiger charge is 2.52. The maximum Gasteiger partial charge on any atom is 0.411 e. The molecule has 0 spiro atoms. The number of hydrogen-bond acceptors (Lipinski definition) is 4. The number of Topliss-reactive ketones (excluding diaryl/α,β-unsaturated/α-hetero) is 1. The Labute approximate surface area is 171 Å². The molecule has 1 atom stereocenters. The van der Waals surface area contributed by atoms with Crippen molar-refractivity contribution in [2.75, 3.05) is 6.54 Å². The fourth-order valence-electron chi connectivity index (χ4n) is 3.43. The summed E-state index contributed by atoms with van der Waals surface area (Å²) in [6.07, 6.45) is -0.289. The van der Waals surface area contributed by atoms with Crippen LogP contribution in [0, 0.1) is 0 Å². The Bertz CT molecular complexity index is 868. The SMILES string of the molecule is O=C(C[C@]1(C(=O)O)CCCN1C(=O)OCc1ccccc1)c1ccc(Br)cc1. The molecule has 1 N–H and O–H groups in total. The Morgan fingerprint density at radius 3 is 2.39 bits per heavy atom. The Morgan fingerprint density at radius 1 is 1.07 bits per heavy atom. The van der Waals surface area contributed by atoms with Crippen molar-refractivity contribution in [2.45, 2.75) is 31.4 Å². The van der Waals surface area contributed by atoms with Gasteiger partial charge in [-0.1, -0.05) is 58.4 Å². The molecule has 0 radical (unpaired) electrons. The summed E-state index contributed by atoms with van der Waals surface area (Å²) in [6, 6.07) is 15.9. The van der Waals surface area contributed by atoms with Gasteiger partial charge in [-0.05, 0) is 30.5 Å². The lowest BCUT2D eigenvalue weighted by Crippen LogP contribution is -2.54. The third kappa shape index (κ3) is 4.25. The molecule has 1 aliphatic rings. The monoisotopic (exact) mass is 445 g/mol. The number of carbonyl (C=O) groups excluding carboxylic acids is 2. The lowest BCUT2D eigenvalue weighted by molar-refractivity contribution is -0.148. The first-order valence-corrected chi connectivity index (χ1v) is 9.72. The minimum atomic E-state index is -1.59. The number of aliphatic carboxylic acids is 1. The number of hydrogen-bond donors (Lipinski definition) is 1. The normalized spacial score (nSPS) is 18.7. The van der Waals surface area contributed by atoms with E-state index in [0.717, 1.165) is 10.0 Å². The Morgan fingerprint density at radius 2 is 1.75 bits per heavy atom. The van der Waals surface area contributed by atoms with Crippen molar-refractivity contribution < 1.29 is 24.2 Å². The van der Waals surface area contributed by atoms with Crippen molar-refractivity contribution in [3.8, 4) is 0 Å². The van der Waals surface area contributed by atoms with Gasteiger partial charge in [0.15, 0.2) is 11.3 Å². The first kappa shape index (κ1) is 20.1. The zero-order chi connectivity index (χ0) is 20.1. The third-order valence-electron chi connectivity index (χ3n) is 4.93. The van der Waals surface area contributed by atoms with Gasteiger partial charge in [0.25, 0.3) is 0 Å². The predicted octanol–water partition coefficient (Wildman–Crippen LogP) is 4.28. The highest BCUT2D eigenvalue weighted by atomic mass is 79.9. The fourth-order valence-corrected chi connectivity index (χ4v) is 3.69. The maximum atomic E-state index is 12.7. The quantitative estimate of drug-likeness (QED) is 0.670. The average Bonchev–Trinajstić information content (AvgIpc) is 3.12. The van der Waals surface area contributed by atoms with E-state index >= 15 is 0 Å². The van der Waals surface area contributed by atoms with E-state index in [1.807, 2.05) is 30.3 Å². The summed E-state index contributed by atoms with van der Waals surface area (Å²) in [5.41, 5.74) is -0.368. The zero-order valence-electron chi connectivity index (χ0n) is 15.1. The van der Waals surface area contributed by atoms with E-state index in [2.05, 4.69) is 15.9 Å². The number of halogens is 1. The molecule has 1 fully saturated rings. The van der Waals surface area contributed by atoms with Gasteiger partial charge in [0, 0.05) is 23.0 Å². The molecular formula is C21H20BrNO5. The molecule has 7 heteroatoms. The van der Waals surface area contributed by atoms with Gasteiger partial charge in [0.1, 0.15) is 6.61 Å². The van der Waals surface area contributed by atoms with Crippen molar-refractivity contribution in [1.29, 1.82) is 0 Å². The second-order valence-corrected chi connectivity index (χ2v) is 7.65. The number of likely N-dealkylation sites (tertiary alicyclic amines) is 1. The van der Waals surface area contributed by atoms with Crippen LogP contribution in [-0.4, -0.2) is 39.9 Å². The largest absolute Gasteiger partial charge is 0.479 e. The topological polar surface area (TPSA) is 83.9 Å². The minimum Gasteiger partial charge on any atom is -0.479 e. The van der Waals surface area contributed by atoms with E-state index in [1.54, 1.807) is 24.3 Å². The highest BCUT2D eigenvalue weighted by Crippen LogP contribution is 2.35. The van der Waals surface area contributed by atoms with Crippen LogP contribution in [-0.2, 0) is 16.1 Å². The molecule has 1 heterocycles. The molecule has 6 nitrogen and oxygen atoms in total. The zero-order valence-corrected chi connectivity index (χ0v) is 16.7. The molecule has 0 bridgehead atoms. The first-order chi connectivity index (χ1) is 13.4. The summed E-state index contributed by atoms with van der Waals surface area (Å²) in [5, 5.41) is 9.90. The fraction of sp³-hybridized carbons (Fsp3) is 0.286. The van der Waals surface area contributed by atoms with Gasteiger partial charge in [-0.3, -0.25) is 9.69 Å². The van der Waals surface area contributed by atoms with Crippen molar-refractivity contribution >= 4 is 33.8 Å². The lowest BCUT2D eigenvalue weighted by atomic mass is 9.88. The molecule has 2 aromatic carbocycles. The van der Waals surface area contributed by atoms with Crippen molar-refractivity contribution in [3.63, 3.8) is 0 Å². The van der Waals surface area contributed by atoms with E-state index < -0.39 is 17.6 Å². The third-order valence-corrected chi connectivity index (χ3v) is 5.46. The molecule has 0 unspecified atom stereocenters. The van der Waals surface area contributed by atoms with Crippen LogP contribution in [0.25, 0.3) is 0 Å². The molecule has 0 aliphatic carbocycles. The van der Waals surface area contributed by atoms with Crippen LogP contribution in [0.15, 0.2) is 59.1 Å². The van der Waals surface area contributed by atoms with Crippen molar-refractivity contribution in [2.24, 2.45) is 0 Å². The number of ether oxygens (including phenoxy) is 1. The second kappa shape index (κ2) is 8.56. The van der Waals surface area contributed by atoms with Crippen LogP contribution in [0.3, 0.4) is 0 Å². The average molecular weight is 446 g/mol. The standard InChI is InChI=1S/C21H20BrNO5/c22-17-9-7-16(8-10-17)18(24)13-21(19(25)26)11-4-12-23(21)20(27)28-14-15-5-2-1-3-6-15/h1-3,5-10H,4,11-14H2,(H,25,26)/t21-/m0/s1. The Balaban J connectivity index is 1.76. The van der Waals surface area contributed by atoms with Gasteiger partial charge >= 0.3 is 12.1 Å². The molecule has 1 amide bonds. The lowest BCUT2D eigenvalue weighted by Gasteiger charge is -2.33. The van der Waals surface area contributed by atoms with Gasteiger partial charge in [0.2, 0.25) is 0 Å². The molecule has 3 rings (SSSR count). The summed E-state index contributed by atoms with van der Waals surface area (Å²) in [6.45, 7) is 0.292. The molecule has 2 aromatic rings.